The molecular formula is C11H13ClN4O2. The van der Waals surface area contributed by atoms with Crippen LogP contribution < -0.4 is 0 Å². The highest BCUT2D eigenvalue weighted by molar-refractivity contribution is 6.33. The number of hydrogen-bond donors (Lipinski definition) is 0. The third-order valence-electron chi connectivity index (χ3n) is 2.02. The molecule has 6 nitrogen and oxygen atoms in total. The zero-order valence-corrected chi connectivity index (χ0v) is 11.0. The van der Waals surface area contributed by atoms with Crippen LogP contribution in [-0.2, 0) is 7.05 Å². The Balaban J connectivity index is 0.000000771. The Morgan fingerprint density at radius 3 is 2.50 bits per heavy atom. The van der Waals surface area contributed by atoms with E-state index in [1.807, 2.05) is 13.8 Å². The summed E-state index contributed by atoms with van der Waals surface area (Å²) in [6.45, 7) is 4.00. The van der Waals surface area contributed by atoms with Gasteiger partial charge in [-0.1, -0.05) is 25.4 Å². The highest BCUT2D eigenvalue weighted by Gasteiger charge is 2.13. The summed E-state index contributed by atoms with van der Waals surface area (Å²) in [5.41, 5.74) is 1.08. The van der Waals surface area contributed by atoms with Gasteiger partial charge in [0.25, 0.3) is 5.69 Å². The lowest BCUT2D eigenvalue weighted by Crippen LogP contribution is -1.91. The summed E-state index contributed by atoms with van der Waals surface area (Å²) in [4.78, 5) is 13.9. The van der Waals surface area contributed by atoms with Crippen molar-refractivity contribution in [3.05, 3.63) is 39.8 Å². The maximum absolute atomic E-state index is 10.5. The van der Waals surface area contributed by atoms with Crippen molar-refractivity contribution in [3.8, 4) is 11.3 Å². The average molecular weight is 269 g/mol. The topological polar surface area (TPSA) is 73.8 Å². The number of nitrogens with zero attached hydrogens (tertiary/aromatic N) is 4. The second-order valence-corrected chi connectivity index (χ2v) is 3.59. The van der Waals surface area contributed by atoms with E-state index >= 15 is 0 Å². The summed E-state index contributed by atoms with van der Waals surface area (Å²) in [7, 11) is 1.77. The molecule has 2 aromatic heterocycles. The van der Waals surface area contributed by atoms with Gasteiger partial charge in [0.15, 0.2) is 0 Å². The standard InChI is InChI=1S/C9H7ClN4O2.C2H6/c1-13-5-6(3-12-13)9-8(10)2-7(4-11-9)14(15)16;1-2/h2-5H,1H3;1-2H3. The monoisotopic (exact) mass is 268 g/mol. The van der Waals surface area contributed by atoms with Gasteiger partial charge in [0.05, 0.1) is 21.8 Å². The zero-order chi connectivity index (χ0) is 13.7. The molecule has 18 heavy (non-hydrogen) atoms. The number of aryl methyl sites for hydroxylation is 1. The number of pyridine rings is 1. The number of nitro groups is 1. The molecule has 0 saturated heterocycles. The molecule has 96 valence electrons. The molecule has 0 aliphatic carbocycles. The summed E-state index contributed by atoms with van der Waals surface area (Å²) >= 11 is 5.91. The number of halogens is 1. The Hall–Kier alpha value is -1.95. The molecule has 0 aromatic carbocycles. The SMILES string of the molecule is CC.Cn1cc(-c2ncc([N+](=O)[O-])cc2Cl)cn1. The van der Waals surface area contributed by atoms with Gasteiger partial charge in [0, 0.05) is 24.9 Å². The largest absolute Gasteiger partial charge is 0.289 e. The van der Waals surface area contributed by atoms with Gasteiger partial charge in [0.1, 0.15) is 6.20 Å². The highest BCUT2D eigenvalue weighted by atomic mass is 35.5. The van der Waals surface area contributed by atoms with E-state index in [2.05, 4.69) is 10.1 Å². The van der Waals surface area contributed by atoms with Crippen LogP contribution in [0.5, 0.6) is 0 Å². The van der Waals surface area contributed by atoms with Gasteiger partial charge >= 0.3 is 0 Å². The minimum atomic E-state index is -0.536. The van der Waals surface area contributed by atoms with Crippen LogP contribution in [0.3, 0.4) is 0 Å². The fourth-order valence-corrected chi connectivity index (χ4v) is 1.55. The van der Waals surface area contributed by atoms with Crippen LogP contribution in [-0.4, -0.2) is 19.7 Å². The lowest BCUT2D eigenvalue weighted by Gasteiger charge is -1.99. The van der Waals surface area contributed by atoms with Gasteiger partial charge in [-0.3, -0.25) is 14.8 Å². The van der Waals surface area contributed by atoms with Gasteiger partial charge in [-0.2, -0.15) is 5.10 Å². The summed E-state index contributed by atoms with van der Waals surface area (Å²) in [5.74, 6) is 0. The molecule has 0 amide bonds. The van der Waals surface area contributed by atoms with E-state index in [9.17, 15) is 10.1 Å². The van der Waals surface area contributed by atoms with E-state index in [0.29, 0.717) is 5.69 Å². The number of hydrogen-bond acceptors (Lipinski definition) is 4. The molecule has 2 rings (SSSR count). The Morgan fingerprint density at radius 2 is 2.06 bits per heavy atom. The van der Waals surface area contributed by atoms with Crippen molar-refractivity contribution < 1.29 is 4.92 Å². The van der Waals surface area contributed by atoms with Crippen molar-refractivity contribution in [3.63, 3.8) is 0 Å². The molecule has 0 atom stereocenters. The van der Waals surface area contributed by atoms with Crippen molar-refractivity contribution in [2.45, 2.75) is 13.8 Å². The normalized spacial score (nSPS) is 9.56. The van der Waals surface area contributed by atoms with Crippen molar-refractivity contribution in [1.82, 2.24) is 14.8 Å². The molecule has 7 heteroatoms. The minimum absolute atomic E-state index is 0.127. The fraction of sp³-hybridized carbons (Fsp3) is 0.273. The van der Waals surface area contributed by atoms with Crippen LogP contribution in [0.1, 0.15) is 13.8 Å². The van der Waals surface area contributed by atoms with Crippen LogP contribution in [0.4, 0.5) is 5.69 Å². The van der Waals surface area contributed by atoms with Crippen LogP contribution in [0.15, 0.2) is 24.7 Å². The van der Waals surface area contributed by atoms with E-state index in [-0.39, 0.29) is 10.7 Å². The minimum Gasteiger partial charge on any atom is -0.275 e. The summed E-state index contributed by atoms with van der Waals surface area (Å²) in [6.07, 6.45) is 4.51. The van der Waals surface area contributed by atoms with Gasteiger partial charge in [-0.15, -0.1) is 0 Å². The lowest BCUT2D eigenvalue weighted by molar-refractivity contribution is -0.385. The summed E-state index contributed by atoms with van der Waals surface area (Å²) in [5, 5.41) is 14.7. The van der Waals surface area contributed by atoms with E-state index in [4.69, 9.17) is 11.6 Å². The lowest BCUT2D eigenvalue weighted by atomic mass is 10.2. The molecule has 0 fully saturated rings. The predicted octanol–water partition coefficient (Wildman–Crippen LogP) is 3.07. The van der Waals surface area contributed by atoms with Crippen LogP contribution in [0, 0.1) is 10.1 Å². The van der Waals surface area contributed by atoms with Crippen molar-refractivity contribution in [1.29, 1.82) is 0 Å². The molecule has 0 aliphatic heterocycles. The molecule has 2 heterocycles. The van der Waals surface area contributed by atoms with Crippen molar-refractivity contribution in [2.24, 2.45) is 7.05 Å². The van der Waals surface area contributed by atoms with Gasteiger partial charge in [-0.05, 0) is 0 Å². The molecule has 0 saturated carbocycles. The number of aromatic nitrogens is 3. The van der Waals surface area contributed by atoms with Crippen molar-refractivity contribution >= 4 is 17.3 Å². The second-order valence-electron chi connectivity index (χ2n) is 3.18. The van der Waals surface area contributed by atoms with E-state index in [1.54, 1.807) is 24.1 Å². The van der Waals surface area contributed by atoms with Crippen LogP contribution >= 0.6 is 11.6 Å². The third-order valence-corrected chi connectivity index (χ3v) is 2.30. The fourth-order valence-electron chi connectivity index (χ4n) is 1.28. The second kappa shape index (κ2) is 6.11. The molecule has 0 spiro atoms. The van der Waals surface area contributed by atoms with E-state index < -0.39 is 4.92 Å². The summed E-state index contributed by atoms with van der Waals surface area (Å²) in [6, 6.07) is 1.27. The quantitative estimate of drug-likeness (QED) is 0.620. The first kappa shape index (κ1) is 14.1. The zero-order valence-electron chi connectivity index (χ0n) is 10.3. The first-order valence-corrected chi connectivity index (χ1v) is 5.74. The average Bonchev–Trinajstić information content (AvgIpc) is 2.78. The van der Waals surface area contributed by atoms with E-state index in [1.165, 1.54) is 12.3 Å². The molecule has 0 N–H and O–H groups in total. The molecule has 0 unspecified atom stereocenters. The number of rotatable bonds is 2. The molecule has 0 bridgehead atoms. The van der Waals surface area contributed by atoms with Gasteiger partial charge < -0.3 is 0 Å². The van der Waals surface area contributed by atoms with Gasteiger partial charge in [-0.25, -0.2) is 4.98 Å². The molecular weight excluding hydrogens is 256 g/mol. The van der Waals surface area contributed by atoms with E-state index in [0.717, 1.165) is 5.56 Å². The Kier molecular flexibility index (Phi) is 4.79. The molecule has 0 radical (unpaired) electrons. The van der Waals surface area contributed by atoms with Crippen LogP contribution in [0.25, 0.3) is 11.3 Å². The third kappa shape index (κ3) is 3.04. The maximum Gasteiger partial charge on any atom is 0.289 e. The predicted molar refractivity (Wildman–Crippen MR) is 69.5 cm³/mol. The Labute approximate surface area is 109 Å². The molecule has 2 aromatic rings. The Morgan fingerprint density at radius 1 is 1.39 bits per heavy atom. The van der Waals surface area contributed by atoms with Crippen LogP contribution in [0.2, 0.25) is 5.02 Å². The Bertz CT molecular complexity index is 554. The highest BCUT2D eigenvalue weighted by Crippen LogP contribution is 2.27. The molecule has 0 aliphatic rings. The smallest absolute Gasteiger partial charge is 0.275 e. The van der Waals surface area contributed by atoms with Gasteiger partial charge in [0.2, 0.25) is 0 Å². The maximum atomic E-state index is 10.5. The van der Waals surface area contributed by atoms with Crippen molar-refractivity contribution in [2.75, 3.05) is 0 Å². The summed E-state index contributed by atoms with van der Waals surface area (Å²) < 4.78 is 1.61. The first-order valence-electron chi connectivity index (χ1n) is 5.37. The first-order chi connectivity index (χ1) is 8.58.